The first kappa shape index (κ1) is 22.1. The normalized spacial score (nSPS) is 16.3. The summed E-state index contributed by atoms with van der Waals surface area (Å²) in [5, 5.41) is 0.192. The maximum Gasteiger partial charge on any atom is 0.263 e. The number of benzene rings is 1. The Labute approximate surface area is 194 Å². The van der Waals surface area contributed by atoms with Gasteiger partial charge in [-0.3, -0.25) is 14.3 Å². The fourth-order valence-corrected chi connectivity index (χ4v) is 4.25. The Morgan fingerprint density at radius 1 is 1.09 bits per heavy atom. The minimum Gasteiger partial charge on any atom is -0.370 e. The van der Waals surface area contributed by atoms with Crippen molar-refractivity contribution in [1.82, 2.24) is 19.5 Å². The van der Waals surface area contributed by atoms with Crippen molar-refractivity contribution >= 4 is 16.7 Å². The van der Waals surface area contributed by atoms with Gasteiger partial charge in [-0.1, -0.05) is 0 Å². The van der Waals surface area contributed by atoms with Gasteiger partial charge in [-0.25, -0.2) is 18.7 Å². The standard InChI is InChI=1S/C25H23F2N5O2/c1-14-10-16(6-7-28-14)21-13-32(8-9-34-21)22-12-20-23(25(33)31(3)15(2)29-20)24(30-22)18-5-4-17(26)11-19(18)27/h4-7,10-12,21H,8-9,13H2,1-3H3. The average molecular weight is 463 g/mol. The van der Waals surface area contributed by atoms with E-state index in [1.54, 1.807) is 26.2 Å². The van der Waals surface area contributed by atoms with E-state index in [1.807, 2.05) is 24.0 Å². The molecule has 9 heteroatoms. The molecule has 1 fully saturated rings. The number of hydrogen-bond acceptors (Lipinski definition) is 6. The summed E-state index contributed by atoms with van der Waals surface area (Å²) < 4.78 is 35.8. The van der Waals surface area contributed by atoms with E-state index in [1.165, 1.54) is 10.6 Å². The number of halogens is 2. The van der Waals surface area contributed by atoms with Crippen LogP contribution in [-0.4, -0.2) is 39.2 Å². The van der Waals surface area contributed by atoms with Crippen molar-refractivity contribution in [3.8, 4) is 11.3 Å². The summed E-state index contributed by atoms with van der Waals surface area (Å²) in [5.41, 5.74) is 2.16. The smallest absolute Gasteiger partial charge is 0.263 e. The van der Waals surface area contributed by atoms with Crippen LogP contribution in [0.5, 0.6) is 0 Å². The van der Waals surface area contributed by atoms with Crippen molar-refractivity contribution in [2.75, 3.05) is 24.6 Å². The van der Waals surface area contributed by atoms with Crippen LogP contribution >= 0.6 is 0 Å². The summed E-state index contributed by atoms with van der Waals surface area (Å²) in [7, 11) is 1.60. The molecule has 0 bridgehead atoms. The number of morpholine rings is 1. The Bertz CT molecular complexity index is 1470. The van der Waals surface area contributed by atoms with Gasteiger partial charge in [0, 0.05) is 49.7 Å². The number of hydrogen-bond donors (Lipinski definition) is 0. The molecule has 0 radical (unpaired) electrons. The molecule has 4 aromatic rings. The highest BCUT2D eigenvalue weighted by atomic mass is 19.1. The third-order valence-electron chi connectivity index (χ3n) is 6.14. The number of pyridine rings is 2. The van der Waals surface area contributed by atoms with Crippen LogP contribution in [0.4, 0.5) is 14.6 Å². The SMILES string of the molecule is Cc1cc(C2CN(c3cc4nc(C)n(C)c(=O)c4c(-c4ccc(F)cc4F)n3)CCO2)ccn1. The zero-order chi connectivity index (χ0) is 24.0. The summed E-state index contributed by atoms with van der Waals surface area (Å²) in [5.74, 6) is -0.425. The van der Waals surface area contributed by atoms with E-state index in [-0.39, 0.29) is 28.3 Å². The van der Waals surface area contributed by atoms with Crippen molar-refractivity contribution < 1.29 is 13.5 Å². The Hall–Kier alpha value is -3.72. The molecule has 7 nitrogen and oxygen atoms in total. The molecule has 1 unspecified atom stereocenters. The molecule has 0 amide bonds. The van der Waals surface area contributed by atoms with Gasteiger partial charge in [0.05, 0.1) is 23.2 Å². The van der Waals surface area contributed by atoms with Gasteiger partial charge in [-0.2, -0.15) is 0 Å². The molecular weight excluding hydrogens is 440 g/mol. The number of fused-ring (bicyclic) bond motifs is 1. The van der Waals surface area contributed by atoms with Gasteiger partial charge in [-0.15, -0.1) is 0 Å². The number of ether oxygens (including phenoxy) is 1. The monoisotopic (exact) mass is 463 g/mol. The highest BCUT2D eigenvalue weighted by molar-refractivity contribution is 5.93. The zero-order valence-corrected chi connectivity index (χ0v) is 19.0. The van der Waals surface area contributed by atoms with E-state index in [0.29, 0.717) is 36.9 Å². The van der Waals surface area contributed by atoms with Crippen molar-refractivity contribution in [2.45, 2.75) is 20.0 Å². The van der Waals surface area contributed by atoms with Crippen molar-refractivity contribution in [2.24, 2.45) is 7.05 Å². The second-order valence-corrected chi connectivity index (χ2v) is 8.41. The highest BCUT2D eigenvalue weighted by Crippen LogP contribution is 2.32. The molecule has 1 aromatic carbocycles. The summed E-state index contributed by atoms with van der Waals surface area (Å²) in [4.78, 5) is 28.7. The quantitative estimate of drug-likeness (QED) is 0.459. The van der Waals surface area contributed by atoms with Crippen LogP contribution in [0.15, 0.2) is 47.4 Å². The molecule has 0 saturated carbocycles. The number of rotatable bonds is 3. The van der Waals surface area contributed by atoms with Gasteiger partial charge in [0.15, 0.2) is 0 Å². The Kier molecular flexibility index (Phi) is 5.57. The van der Waals surface area contributed by atoms with Crippen LogP contribution in [0.25, 0.3) is 22.2 Å². The van der Waals surface area contributed by atoms with E-state index < -0.39 is 11.6 Å². The van der Waals surface area contributed by atoms with Crippen LogP contribution in [0.3, 0.4) is 0 Å². The van der Waals surface area contributed by atoms with Crippen LogP contribution in [0.1, 0.15) is 23.2 Å². The lowest BCUT2D eigenvalue weighted by atomic mass is 10.1. The largest absolute Gasteiger partial charge is 0.370 e. The van der Waals surface area contributed by atoms with Gasteiger partial charge in [0.25, 0.3) is 5.56 Å². The second-order valence-electron chi connectivity index (χ2n) is 8.41. The summed E-state index contributed by atoms with van der Waals surface area (Å²) in [6.07, 6.45) is 1.55. The van der Waals surface area contributed by atoms with E-state index in [4.69, 9.17) is 9.72 Å². The predicted molar refractivity (Wildman–Crippen MR) is 125 cm³/mol. The molecule has 5 rings (SSSR count). The summed E-state index contributed by atoms with van der Waals surface area (Å²) in [6, 6.07) is 8.89. The number of aryl methyl sites for hydroxylation is 2. The topological polar surface area (TPSA) is 73.1 Å². The lowest BCUT2D eigenvalue weighted by Gasteiger charge is -2.34. The summed E-state index contributed by atoms with van der Waals surface area (Å²) in [6.45, 7) is 5.20. The molecule has 1 atom stereocenters. The molecule has 1 aliphatic heterocycles. The van der Waals surface area contributed by atoms with Crippen LogP contribution < -0.4 is 10.5 Å². The van der Waals surface area contributed by atoms with Crippen molar-refractivity contribution in [3.05, 3.63) is 81.7 Å². The van der Waals surface area contributed by atoms with E-state index in [9.17, 15) is 13.6 Å². The van der Waals surface area contributed by atoms with Gasteiger partial charge in [-0.05, 0) is 43.7 Å². The average Bonchev–Trinajstić information content (AvgIpc) is 2.82. The van der Waals surface area contributed by atoms with Crippen LogP contribution in [0, 0.1) is 25.5 Å². The summed E-state index contributed by atoms with van der Waals surface area (Å²) >= 11 is 0. The molecule has 174 valence electrons. The van der Waals surface area contributed by atoms with E-state index in [2.05, 4.69) is 9.97 Å². The molecule has 4 heterocycles. The van der Waals surface area contributed by atoms with Crippen molar-refractivity contribution in [3.63, 3.8) is 0 Å². The third kappa shape index (κ3) is 3.92. The molecule has 3 aromatic heterocycles. The Balaban J connectivity index is 1.66. The molecule has 0 aliphatic carbocycles. The minimum atomic E-state index is -0.791. The first-order valence-corrected chi connectivity index (χ1v) is 10.9. The van der Waals surface area contributed by atoms with Gasteiger partial charge in [0.2, 0.25) is 0 Å². The van der Waals surface area contributed by atoms with Gasteiger partial charge >= 0.3 is 0 Å². The lowest BCUT2D eigenvalue weighted by Crippen LogP contribution is -2.39. The van der Waals surface area contributed by atoms with E-state index >= 15 is 0 Å². The van der Waals surface area contributed by atoms with Crippen LogP contribution in [0.2, 0.25) is 0 Å². The maximum atomic E-state index is 14.8. The molecule has 0 N–H and O–H groups in total. The van der Waals surface area contributed by atoms with Gasteiger partial charge in [0.1, 0.15) is 29.4 Å². The fraction of sp³-hybridized carbons (Fsp3) is 0.280. The molecular formula is C25H23F2N5O2. The van der Waals surface area contributed by atoms with Crippen LogP contribution in [-0.2, 0) is 11.8 Å². The third-order valence-corrected chi connectivity index (χ3v) is 6.14. The number of anilines is 1. The molecule has 1 saturated heterocycles. The number of aromatic nitrogens is 4. The molecule has 0 spiro atoms. The van der Waals surface area contributed by atoms with E-state index in [0.717, 1.165) is 23.4 Å². The molecule has 34 heavy (non-hydrogen) atoms. The zero-order valence-electron chi connectivity index (χ0n) is 19.0. The van der Waals surface area contributed by atoms with Gasteiger partial charge < -0.3 is 9.64 Å². The predicted octanol–water partition coefficient (Wildman–Crippen LogP) is 3.86. The highest BCUT2D eigenvalue weighted by Gasteiger charge is 2.26. The lowest BCUT2D eigenvalue weighted by molar-refractivity contribution is 0.0394. The van der Waals surface area contributed by atoms with Crippen molar-refractivity contribution in [1.29, 1.82) is 0 Å². The first-order chi connectivity index (χ1) is 16.3. The molecule has 1 aliphatic rings. The Morgan fingerprint density at radius 3 is 2.68 bits per heavy atom. The fourth-order valence-electron chi connectivity index (χ4n) is 4.25. The maximum absolute atomic E-state index is 14.8. The Morgan fingerprint density at radius 2 is 1.91 bits per heavy atom. The second kappa shape index (κ2) is 8.57. The first-order valence-electron chi connectivity index (χ1n) is 10.9. The number of nitrogens with zero attached hydrogens (tertiary/aromatic N) is 5. The minimum absolute atomic E-state index is 0.0468.